The standard InChI is InChI=1S/C13H14F2N2O2S2/c1-9-8-20-12(16-9)7-17(2)10-5-3-4-6-11(10)21(18,19)13(14)15/h3-6,8,13H,7H2,1-2H3. The highest BCUT2D eigenvalue weighted by Crippen LogP contribution is 2.29. The molecule has 1 heterocycles. The molecule has 0 radical (unpaired) electrons. The van der Waals surface area contributed by atoms with Gasteiger partial charge in [-0.15, -0.1) is 11.3 Å². The molecule has 2 rings (SSSR count). The molecular formula is C13H14F2N2O2S2. The first-order chi connectivity index (χ1) is 9.82. The van der Waals surface area contributed by atoms with Crippen LogP contribution in [0, 0.1) is 6.92 Å². The summed E-state index contributed by atoms with van der Waals surface area (Å²) in [6.07, 6.45) is 0. The van der Waals surface area contributed by atoms with E-state index in [1.807, 2.05) is 12.3 Å². The van der Waals surface area contributed by atoms with Crippen LogP contribution >= 0.6 is 11.3 Å². The number of anilines is 1. The fourth-order valence-electron chi connectivity index (χ4n) is 1.87. The molecular weight excluding hydrogens is 318 g/mol. The number of hydrogen-bond acceptors (Lipinski definition) is 5. The fraction of sp³-hybridized carbons (Fsp3) is 0.308. The van der Waals surface area contributed by atoms with Crippen molar-refractivity contribution in [3.63, 3.8) is 0 Å². The second-order valence-electron chi connectivity index (χ2n) is 4.51. The van der Waals surface area contributed by atoms with Crippen molar-refractivity contribution in [3.05, 3.63) is 40.3 Å². The van der Waals surface area contributed by atoms with E-state index < -0.39 is 15.6 Å². The molecule has 2 aromatic rings. The number of rotatable bonds is 5. The lowest BCUT2D eigenvalue weighted by Crippen LogP contribution is -2.21. The summed E-state index contributed by atoms with van der Waals surface area (Å²) in [5.41, 5.74) is 1.11. The minimum absolute atomic E-state index is 0.241. The molecule has 0 N–H and O–H groups in total. The first-order valence-corrected chi connectivity index (χ1v) is 8.48. The maximum absolute atomic E-state index is 12.8. The Balaban J connectivity index is 2.36. The molecule has 1 aromatic carbocycles. The Labute approximate surface area is 126 Å². The van der Waals surface area contributed by atoms with Crippen molar-refractivity contribution in [2.24, 2.45) is 0 Å². The van der Waals surface area contributed by atoms with Crippen LogP contribution < -0.4 is 4.90 Å². The Morgan fingerprint density at radius 2 is 2.00 bits per heavy atom. The Kier molecular flexibility index (Phi) is 4.58. The summed E-state index contributed by atoms with van der Waals surface area (Å²) in [6.45, 7) is 2.21. The number of sulfone groups is 1. The molecule has 21 heavy (non-hydrogen) atoms. The van der Waals surface area contributed by atoms with Gasteiger partial charge in [-0.3, -0.25) is 0 Å². The summed E-state index contributed by atoms with van der Waals surface area (Å²) in [5, 5.41) is 2.67. The number of nitrogens with zero attached hydrogens (tertiary/aromatic N) is 2. The third kappa shape index (κ3) is 3.38. The van der Waals surface area contributed by atoms with E-state index in [-0.39, 0.29) is 10.6 Å². The molecule has 0 amide bonds. The van der Waals surface area contributed by atoms with Gasteiger partial charge in [-0.05, 0) is 19.1 Å². The van der Waals surface area contributed by atoms with Crippen molar-refractivity contribution in [1.82, 2.24) is 4.98 Å². The Morgan fingerprint density at radius 1 is 1.33 bits per heavy atom. The smallest absolute Gasteiger partial charge is 0.341 e. The molecule has 0 aliphatic rings. The number of aromatic nitrogens is 1. The van der Waals surface area contributed by atoms with E-state index in [0.717, 1.165) is 10.7 Å². The minimum Gasteiger partial charge on any atom is -0.367 e. The lowest BCUT2D eigenvalue weighted by molar-refractivity contribution is 0.235. The molecule has 1 aromatic heterocycles. The van der Waals surface area contributed by atoms with Crippen molar-refractivity contribution >= 4 is 26.9 Å². The van der Waals surface area contributed by atoms with E-state index in [2.05, 4.69) is 4.98 Å². The lowest BCUT2D eigenvalue weighted by atomic mass is 10.3. The molecule has 0 unspecified atom stereocenters. The number of halogens is 2. The van der Waals surface area contributed by atoms with E-state index >= 15 is 0 Å². The molecule has 0 aliphatic heterocycles. The molecule has 0 saturated heterocycles. The highest BCUT2D eigenvalue weighted by Gasteiger charge is 2.30. The van der Waals surface area contributed by atoms with Gasteiger partial charge < -0.3 is 4.90 Å². The first kappa shape index (κ1) is 15.8. The average molecular weight is 332 g/mol. The Bertz CT molecular complexity index is 729. The summed E-state index contributed by atoms with van der Waals surface area (Å²) in [5.74, 6) is -3.44. The van der Waals surface area contributed by atoms with Gasteiger partial charge >= 0.3 is 5.76 Å². The van der Waals surface area contributed by atoms with Crippen molar-refractivity contribution in [2.45, 2.75) is 24.1 Å². The topological polar surface area (TPSA) is 50.3 Å². The molecule has 0 fully saturated rings. The molecule has 0 aliphatic carbocycles. The SMILES string of the molecule is Cc1csc(CN(C)c2ccccc2S(=O)(=O)C(F)F)n1. The van der Waals surface area contributed by atoms with Gasteiger partial charge in [0.05, 0.1) is 17.1 Å². The third-order valence-electron chi connectivity index (χ3n) is 2.86. The number of hydrogen-bond donors (Lipinski definition) is 0. The van der Waals surface area contributed by atoms with Gasteiger partial charge in [0.2, 0.25) is 9.84 Å². The van der Waals surface area contributed by atoms with Crippen LogP contribution in [0.2, 0.25) is 0 Å². The molecule has 114 valence electrons. The quantitative estimate of drug-likeness (QED) is 0.844. The van der Waals surface area contributed by atoms with Gasteiger partial charge in [0.15, 0.2) is 0 Å². The van der Waals surface area contributed by atoms with Crippen LogP contribution in [0.15, 0.2) is 34.5 Å². The summed E-state index contributed by atoms with van der Waals surface area (Å²) in [6, 6.07) is 5.75. The molecule has 0 spiro atoms. The van der Waals surface area contributed by atoms with E-state index in [1.54, 1.807) is 18.0 Å². The predicted octanol–water partition coefficient (Wildman–Crippen LogP) is 3.08. The monoisotopic (exact) mass is 332 g/mol. The zero-order valence-electron chi connectivity index (χ0n) is 11.5. The van der Waals surface area contributed by atoms with Crippen LogP contribution in [0.3, 0.4) is 0 Å². The summed E-state index contributed by atoms with van der Waals surface area (Å²) in [4.78, 5) is 5.52. The van der Waals surface area contributed by atoms with Gasteiger partial charge in [-0.25, -0.2) is 13.4 Å². The zero-order chi connectivity index (χ0) is 15.6. The summed E-state index contributed by atoms with van der Waals surface area (Å²) >= 11 is 1.44. The molecule has 4 nitrogen and oxygen atoms in total. The number of alkyl halides is 2. The van der Waals surface area contributed by atoms with E-state index in [4.69, 9.17) is 0 Å². The van der Waals surface area contributed by atoms with Crippen LogP contribution in [0.5, 0.6) is 0 Å². The fourth-order valence-corrected chi connectivity index (χ4v) is 3.67. The number of para-hydroxylation sites is 1. The van der Waals surface area contributed by atoms with Crippen LogP contribution in [0.25, 0.3) is 0 Å². The van der Waals surface area contributed by atoms with Gasteiger partial charge in [-0.1, -0.05) is 12.1 Å². The lowest BCUT2D eigenvalue weighted by Gasteiger charge is -2.21. The van der Waals surface area contributed by atoms with Crippen LogP contribution in [0.1, 0.15) is 10.7 Å². The highest BCUT2D eigenvalue weighted by atomic mass is 32.2. The van der Waals surface area contributed by atoms with Crippen molar-refractivity contribution < 1.29 is 17.2 Å². The predicted molar refractivity (Wildman–Crippen MR) is 78.6 cm³/mol. The average Bonchev–Trinajstić information content (AvgIpc) is 2.83. The van der Waals surface area contributed by atoms with Crippen LogP contribution in [-0.2, 0) is 16.4 Å². The maximum Gasteiger partial charge on any atom is 0.341 e. The normalized spacial score (nSPS) is 11.9. The van der Waals surface area contributed by atoms with E-state index in [1.165, 1.54) is 29.5 Å². The summed E-state index contributed by atoms with van der Waals surface area (Å²) < 4.78 is 49.0. The van der Waals surface area contributed by atoms with Gasteiger partial charge in [0.25, 0.3) is 0 Å². The molecule has 8 heteroatoms. The number of thiazole rings is 1. The second kappa shape index (κ2) is 6.07. The summed E-state index contributed by atoms with van der Waals surface area (Å²) in [7, 11) is -2.98. The van der Waals surface area contributed by atoms with Gasteiger partial charge in [0, 0.05) is 18.1 Å². The third-order valence-corrected chi connectivity index (χ3v) is 5.24. The number of aryl methyl sites for hydroxylation is 1. The maximum atomic E-state index is 12.8. The van der Waals surface area contributed by atoms with Crippen molar-refractivity contribution in [2.75, 3.05) is 11.9 Å². The molecule has 0 saturated carbocycles. The van der Waals surface area contributed by atoms with Crippen molar-refractivity contribution in [1.29, 1.82) is 0 Å². The van der Waals surface area contributed by atoms with Gasteiger partial charge in [-0.2, -0.15) is 8.78 Å². The van der Waals surface area contributed by atoms with E-state index in [0.29, 0.717) is 6.54 Å². The Morgan fingerprint density at radius 3 is 2.57 bits per heavy atom. The van der Waals surface area contributed by atoms with Gasteiger partial charge in [0.1, 0.15) is 5.01 Å². The second-order valence-corrected chi connectivity index (χ2v) is 7.34. The van der Waals surface area contributed by atoms with E-state index in [9.17, 15) is 17.2 Å². The van der Waals surface area contributed by atoms with Crippen LogP contribution in [0.4, 0.5) is 14.5 Å². The minimum atomic E-state index is -4.63. The largest absolute Gasteiger partial charge is 0.367 e. The van der Waals surface area contributed by atoms with Crippen molar-refractivity contribution in [3.8, 4) is 0 Å². The highest BCUT2D eigenvalue weighted by molar-refractivity contribution is 7.91. The molecule has 0 bridgehead atoms. The first-order valence-electron chi connectivity index (χ1n) is 6.05. The Hall–Kier alpha value is -1.54. The number of benzene rings is 1. The van der Waals surface area contributed by atoms with Crippen LogP contribution in [-0.4, -0.2) is 26.2 Å². The molecule has 0 atom stereocenters. The zero-order valence-corrected chi connectivity index (χ0v) is 13.1.